The number of carboxylic acids is 1. The van der Waals surface area contributed by atoms with Gasteiger partial charge in [-0.1, -0.05) is 11.6 Å². The number of carbonyl (C=O) groups is 1. The number of fused-ring (bicyclic) bond motifs is 1. The lowest BCUT2D eigenvalue weighted by Gasteiger charge is -2.31. The number of aromatic carboxylic acids is 1. The van der Waals surface area contributed by atoms with E-state index in [0.717, 1.165) is 29.0 Å². The van der Waals surface area contributed by atoms with Crippen molar-refractivity contribution in [2.75, 3.05) is 31.1 Å². The third-order valence-corrected chi connectivity index (χ3v) is 5.35. The minimum absolute atomic E-state index is 0.0319. The Morgan fingerprint density at radius 3 is 2.43 bits per heavy atom. The van der Waals surface area contributed by atoms with Gasteiger partial charge in [0.15, 0.2) is 0 Å². The number of nitrogens with one attached hydrogen (secondary N) is 1. The number of halogens is 4. The molecule has 0 aliphatic carbocycles. The predicted octanol–water partition coefficient (Wildman–Crippen LogP) is 3.17. The first-order valence-corrected chi connectivity index (χ1v) is 9.39. The molecule has 1 aromatic heterocycles. The van der Waals surface area contributed by atoms with Gasteiger partial charge in [-0.15, -0.1) is 0 Å². The summed E-state index contributed by atoms with van der Waals surface area (Å²) >= 11 is 6.52. The molecule has 0 radical (unpaired) electrons. The predicted molar refractivity (Wildman–Crippen MR) is 106 cm³/mol. The molecule has 2 heterocycles. The van der Waals surface area contributed by atoms with Crippen LogP contribution in [0.3, 0.4) is 0 Å². The highest BCUT2D eigenvalue weighted by Gasteiger charge is 2.25. The minimum atomic E-state index is -1.57. The summed E-state index contributed by atoms with van der Waals surface area (Å²) in [5.41, 5.74) is -1.92. The monoisotopic (exact) mass is 437 g/mol. The van der Waals surface area contributed by atoms with Crippen molar-refractivity contribution in [3.8, 4) is 5.69 Å². The first-order chi connectivity index (χ1) is 14.3. The molecule has 3 aromatic rings. The lowest BCUT2D eigenvalue weighted by atomic mass is 10.1. The molecule has 0 atom stereocenters. The fourth-order valence-electron chi connectivity index (χ4n) is 3.60. The van der Waals surface area contributed by atoms with Gasteiger partial charge in [-0.25, -0.2) is 18.0 Å². The molecule has 1 aliphatic heterocycles. The molecular weight excluding hydrogens is 423 g/mol. The molecule has 4 rings (SSSR count). The normalized spacial score (nSPS) is 14.3. The summed E-state index contributed by atoms with van der Waals surface area (Å²) in [6, 6.07) is 3.60. The topological polar surface area (TPSA) is 74.6 Å². The van der Waals surface area contributed by atoms with E-state index in [1.54, 1.807) is 4.90 Å². The summed E-state index contributed by atoms with van der Waals surface area (Å²) in [5.74, 6) is -4.19. The van der Waals surface area contributed by atoms with E-state index >= 15 is 0 Å². The van der Waals surface area contributed by atoms with Crippen LogP contribution in [-0.2, 0) is 0 Å². The van der Waals surface area contributed by atoms with Crippen molar-refractivity contribution in [2.24, 2.45) is 0 Å². The molecule has 1 fully saturated rings. The van der Waals surface area contributed by atoms with E-state index in [4.69, 9.17) is 11.6 Å². The number of aromatic nitrogens is 1. The molecule has 0 amide bonds. The van der Waals surface area contributed by atoms with Gasteiger partial charge in [0.05, 0.1) is 27.3 Å². The van der Waals surface area contributed by atoms with Crippen molar-refractivity contribution in [3.05, 3.63) is 68.7 Å². The average Bonchev–Trinajstić information content (AvgIpc) is 2.70. The van der Waals surface area contributed by atoms with E-state index in [-0.39, 0.29) is 27.3 Å². The van der Waals surface area contributed by atoms with Crippen LogP contribution in [0, 0.1) is 17.5 Å². The van der Waals surface area contributed by atoms with E-state index in [2.05, 4.69) is 5.32 Å². The standard InChI is InChI=1S/C20H15ClF3N3O3/c21-16-17-11(8-14(24)18(16)26-5-3-25-4-6-26)19(28)12(20(29)30)9-27(17)15-2-1-10(22)7-13(15)23/h1-2,7-9,25H,3-6H2,(H,29,30). The quantitative estimate of drug-likeness (QED) is 0.658. The van der Waals surface area contributed by atoms with Gasteiger partial charge in [0, 0.05) is 38.4 Å². The second kappa shape index (κ2) is 7.66. The molecule has 0 unspecified atom stereocenters. The summed E-state index contributed by atoms with van der Waals surface area (Å²) < 4.78 is 44.0. The molecule has 6 nitrogen and oxygen atoms in total. The molecule has 0 saturated carbocycles. The molecule has 10 heteroatoms. The molecule has 2 aromatic carbocycles. The first kappa shape index (κ1) is 20.2. The molecule has 30 heavy (non-hydrogen) atoms. The van der Waals surface area contributed by atoms with Crippen LogP contribution in [0.15, 0.2) is 35.3 Å². The number of nitrogens with zero attached hydrogens (tertiary/aromatic N) is 2. The van der Waals surface area contributed by atoms with Crippen LogP contribution in [0.2, 0.25) is 5.02 Å². The maximum Gasteiger partial charge on any atom is 0.341 e. The molecule has 0 spiro atoms. The molecular formula is C20H15ClF3N3O3. The fourth-order valence-corrected chi connectivity index (χ4v) is 4.00. The number of anilines is 1. The van der Waals surface area contributed by atoms with Crippen LogP contribution in [-0.4, -0.2) is 41.8 Å². The highest BCUT2D eigenvalue weighted by Crippen LogP contribution is 2.37. The number of piperazine rings is 1. The second-order valence-corrected chi connectivity index (χ2v) is 7.17. The Labute approximate surface area is 173 Å². The van der Waals surface area contributed by atoms with E-state index in [9.17, 15) is 27.9 Å². The lowest BCUT2D eigenvalue weighted by molar-refractivity contribution is 0.0695. The summed E-state index contributed by atoms with van der Waals surface area (Å²) in [5, 5.41) is 12.0. The Hall–Kier alpha value is -3.04. The van der Waals surface area contributed by atoms with E-state index in [1.807, 2.05) is 0 Å². The van der Waals surface area contributed by atoms with Crippen molar-refractivity contribution in [1.82, 2.24) is 9.88 Å². The summed E-state index contributed by atoms with van der Waals surface area (Å²) in [7, 11) is 0. The zero-order valence-corrected chi connectivity index (χ0v) is 16.1. The fraction of sp³-hybridized carbons (Fsp3) is 0.200. The summed E-state index contributed by atoms with van der Waals surface area (Å²) in [6.45, 7) is 2.07. The molecule has 156 valence electrons. The zero-order valence-electron chi connectivity index (χ0n) is 15.4. The van der Waals surface area contributed by atoms with Crippen LogP contribution in [0.1, 0.15) is 10.4 Å². The van der Waals surface area contributed by atoms with Gasteiger partial charge < -0.3 is 19.9 Å². The maximum absolute atomic E-state index is 15.0. The van der Waals surface area contributed by atoms with Crippen molar-refractivity contribution in [1.29, 1.82) is 0 Å². The number of hydrogen-bond acceptors (Lipinski definition) is 4. The number of rotatable bonds is 3. The molecule has 1 aliphatic rings. The number of hydrogen-bond donors (Lipinski definition) is 2. The van der Waals surface area contributed by atoms with Gasteiger partial charge in [-0.2, -0.15) is 0 Å². The van der Waals surface area contributed by atoms with Crippen LogP contribution in [0.25, 0.3) is 16.6 Å². The molecule has 2 N–H and O–H groups in total. The van der Waals surface area contributed by atoms with Crippen LogP contribution in [0.4, 0.5) is 18.9 Å². The van der Waals surface area contributed by atoms with Gasteiger partial charge in [-0.3, -0.25) is 4.79 Å². The minimum Gasteiger partial charge on any atom is -0.477 e. The number of benzene rings is 2. The third kappa shape index (κ3) is 3.29. The zero-order chi connectivity index (χ0) is 21.6. The highest BCUT2D eigenvalue weighted by molar-refractivity contribution is 6.38. The first-order valence-electron chi connectivity index (χ1n) is 9.01. The highest BCUT2D eigenvalue weighted by atomic mass is 35.5. The summed E-state index contributed by atoms with van der Waals surface area (Å²) in [6.07, 6.45) is 0.911. The Kier molecular flexibility index (Phi) is 5.17. The Morgan fingerprint density at radius 2 is 1.80 bits per heavy atom. The Balaban J connectivity index is 2.12. The van der Waals surface area contributed by atoms with E-state index in [0.29, 0.717) is 32.2 Å². The van der Waals surface area contributed by atoms with Crippen molar-refractivity contribution in [3.63, 3.8) is 0 Å². The van der Waals surface area contributed by atoms with Crippen LogP contribution in [0.5, 0.6) is 0 Å². The van der Waals surface area contributed by atoms with Gasteiger partial charge in [0.1, 0.15) is 23.0 Å². The lowest BCUT2D eigenvalue weighted by Crippen LogP contribution is -2.44. The smallest absolute Gasteiger partial charge is 0.341 e. The average molecular weight is 438 g/mol. The van der Waals surface area contributed by atoms with Gasteiger partial charge in [0.2, 0.25) is 5.43 Å². The maximum atomic E-state index is 15.0. The third-order valence-electron chi connectivity index (χ3n) is 4.99. The Morgan fingerprint density at radius 1 is 1.10 bits per heavy atom. The molecule has 1 saturated heterocycles. The van der Waals surface area contributed by atoms with Crippen molar-refractivity contribution in [2.45, 2.75) is 0 Å². The van der Waals surface area contributed by atoms with Crippen LogP contribution >= 0.6 is 11.6 Å². The number of carboxylic acid groups (broad SMARTS) is 1. The van der Waals surface area contributed by atoms with Crippen LogP contribution < -0.4 is 15.6 Å². The Bertz CT molecular complexity index is 1240. The van der Waals surface area contributed by atoms with E-state index in [1.165, 1.54) is 0 Å². The van der Waals surface area contributed by atoms with Gasteiger partial charge in [-0.05, 0) is 18.2 Å². The largest absolute Gasteiger partial charge is 0.477 e. The van der Waals surface area contributed by atoms with Gasteiger partial charge >= 0.3 is 5.97 Å². The summed E-state index contributed by atoms with van der Waals surface area (Å²) in [4.78, 5) is 25.9. The van der Waals surface area contributed by atoms with Gasteiger partial charge in [0.25, 0.3) is 0 Å². The SMILES string of the molecule is O=C(O)c1cn(-c2ccc(F)cc2F)c2c(Cl)c(N3CCNCC3)c(F)cc2c1=O. The number of pyridine rings is 1. The van der Waals surface area contributed by atoms with Crippen molar-refractivity contribution >= 4 is 34.2 Å². The van der Waals surface area contributed by atoms with Crippen molar-refractivity contribution < 1.29 is 23.1 Å². The molecule has 0 bridgehead atoms. The van der Waals surface area contributed by atoms with E-state index < -0.39 is 34.4 Å². The second-order valence-electron chi connectivity index (χ2n) is 6.80.